The number of carbonyl (C=O) groups is 1. The third kappa shape index (κ3) is 3.85. The van der Waals surface area contributed by atoms with E-state index in [1.165, 1.54) is 12.1 Å². The van der Waals surface area contributed by atoms with Crippen LogP contribution in [0.4, 0.5) is 0 Å². The molecular formula is C15H9Cl5O. The van der Waals surface area contributed by atoms with Gasteiger partial charge in [0.05, 0.1) is 0 Å². The molecule has 0 saturated carbocycles. The monoisotopic (exact) mass is 380 g/mol. The van der Waals surface area contributed by atoms with Gasteiger partial charge in [0, 0.05) is 11.1 Å². The van der Waals surface area contributed by atoms with E-state index in [1.54, 1.807) is 36.4 Å². The molecule has 0 atom stereocenters. The molecule has 0 aliphatic carbocycles. The topological polar surface area (TPSA) is 17.1 Å². The van der Waals surface area contributed by atoms with Crippen molar-refractivity contribution in [1.82, 2.24) is 0 Å². The van der Waals surface area contributed by atoms with Crippen LogP contribution < -0.4 is 0 Å². The van der Waals surface area contributed by atoms with Crippen molar-refractivity contribution in [2.75, 3.05) is 0 Å². The molecule has 0 fully saturated rings. The number of hydrogen-bond acceptors (Lipinski definition) is 1. The molecule has 1 nitrogen and oxygen atoms in total. The summed E-state index contributed by atoms with van der Waals surface area (Å²) < 4.78 is -3.21. The fourth-order valence-electron chi connectivity index (χ4n) is 1.77. The minimum absolute atomic E-state index is 0.335. The summed E-state index contributed by atoms with van der Waals surface area (Å²) in [7, 11) is 0. The number of alkyl halides is 5. The minimum Gasteiger partial charge on any atom is -0.290 e. The number of carbonyl (C=O) groups excluding carboxylic acids is 1. The van der Waals surface area contributed by atoms with Crippen LogP contribution in [0.5, 0.6) is 0 Å². The Balaban J connectivity index is 2.32. The maximum Gasteiger partial charge on any atom is 0.216 e. The molecule has 110 valence electrons. The third-order valence-corrected chi connectivity index (χ3v) is 4.33. The molecule has 0 radical (unpaired) electrons. The highest BCUT2D eigenvalue weighted by molar-refractivity contribution is 6.66. The second-order valence-corrected chi connectivity index (χ2v) is 7.95. The number of benzene rings is 2. The van der Waals surface area contributed by atoms with Gasteiger partial charge in [-0.1, -0.05) is 113 Å². The van der Waals surface area contributed by atoms with Gasteiger partial charge in [0.25, 0.3) is 0 Å². The fourth-order valence-corrected chi connectivity index (χ4v) is 2.62. The second-order valence-electron chi connectivity index (χ2n) is 4.34. The molecule has 0 saturated heterocycles. The first-order chi connectivity index (χ1) is 9.73. The van der Waals surface area contributed by atoms with E-state index in [4.69, 9.17) is 58.0 Å². The minimum atomic E-state index is -1.66. The first-order valence-electron chi connectivity index (χ1n) is 5.88. The van der Waals surface area contributed by atoms with Crippen LogP contribution >= 0.6 is 58.0 Å². The summed E-state index contributed by atoms with van der Waals surface area (Å²) in [6.45, 7) is 0. The highest BCUT2D eigenvalue weighted by atomic mass is 35.6. The van der Waals surface area contributed by atoms with Gasteiger partial charge in [-0.3, -0.25) is 4.79 Å². The Bertz CT molecular complexity index is 629. The quantitative estimate of drug-likeness (QED) is 0.468. The molecule has 2 aromatic rings. The van der Waals surface area contributed by atoms with E-state index in [1.807, 2.05) is 6.07 Å². The van der Waals surface area contributed by atoms with Gasteiger partial charge in [-0.05, 0) is 5.56 Å². The Morgan fingerprint density at radius 2 is 1.24 bits per heavy atom. The molecule has 0 aliphatic heterocycles. The molecule has 0 heterocycles. The molecule has 0 unspecified atom stereocenters. The van der Waals surface area contributed by atoms with Crippen molar-refractivity contribution in [3.63, 3.8) is 0 Å². The van der Waals surface area contributed by atoms with Crippen molar-refractivity contribution >= 4 is 63.8 Å². The van der Waals surface area contributed by atoms with E-state index < -0.39 is 13.9 Å². The maximum atomic E-state index is 12.5. The van der Waals surface area contributed by atoms with E-state index in [0.29, 0.717) is 16.7 Å². The standard InChI is InChI=1S/C15H9Cl5O/c16-14(17,11-4-2-1-3-5-11)13(21)10-6-8-12(9-7-10)15(18,19)20/h1-9H. The zero-order chi connectivity index (χ0) is 15.7. The summed E-state index contributed by atoms with van der Waals surface area (Å²) in [5.41, 5.74) is 1.30. The van der Waals surface area contributed by atoms with Gasteiger partial charge >= 0.3 is 0 Å². The van der Waals surface area contributed by atoms with Crippen LogP contribution in [-0.2, 0) is 8.13 Å². The normalized spacial score (nSPS) is 12.2. The molecule has 0 aromatic heterocycles. The van der Waals surface area contributed by atoms with Crippen LogP contribution in [0.15, 0.2) is 54.6 Å². The molecule has 0 aliphatic rings. The Labute approximate surface area is 147 Å². The highest BCUT2D eigenvalue weighted by Crippen LogP contribution is 2.40. The number of hydrogen-bond donors (Lipinski definition) is 0. The van der Waals surface area contributed by atoms with Crippen LogP contribution in [0.25, 0.3) is 0 Å². The molecule has 6 heteroatoms. The molecule has 2 aromatic carbocycles. The lowest BCUT2D eigenvalue weighted by atomic mass is 10.0. The maximum absolute atomic E-state index is 12.5. The van der Waals surface area contributed by atoms with Crippen LogP contribution in [-0.4, -0.2) is 5.78 Å². The number of ketones is 1. The van der Waals surface area contributed by atoms with Gasteiger partial charge in [0.15, 0.2) is 0 Å². The summed E-state index contributed by atoms with van der Waals surface area (Å²) in [4.78, 5) is 12.5. The lowest BCUT2D eigenvalue weighted by Crippen LogP contribution is -2.23. The van der Waals surface area contributed by atoms with Crippen molar-refractivity contribution in [2.45, 2.75) is 8.13 Å². The molecule has 0 N–H and O–H groups in total. The lowest BCUT2D eigenvalue weighted by molar-refractivity contribution is 0.0972. The van der Waals surface area contributed by atoms with E-state index in [2.05, 4.69) is 0 Å². The van der Waals surface area contributed by atoms with Gasteiger partial charge in [-0.15, -0.1) is 0 Å². The molecule has 0 bridgehead atoms. The van der Waals surface area contributed by atoms with E-state index >= 15 is 0 Å². The zero-order valence-corrected chi connectivity index (χ0v) is 14.3. The Hall–Kier alpha value is -0.440. The number of rotatable bonds is 3. The van der Waals surface area contributed by atoms with Crippen molar-refractivity contribution in [3.8, 4) is 0 Å². The van der Waals surface area contributed by atoms with Gasteiger partial charge in [-0.25, -0.2) is 0 Å². The summed E-state index contributed by atoms with van der Waals surface area (Å²) in [6, 6.07) is 14.9. The Kier molecular flexibility index (Phi) is 5.12. The molecule has 2 rings (SSSR count). The smallest absolute Gasteiger partial charge is 0.216 e. The van der Waals surface area contributed by atoms with Crippen LogP contribution in [0.2, 0.25) is 0 Å². The lowest BCUT2D eigenvalue weighted by Gasteiger charge is -2.19. The number of halogens is 5. The predicted molar refractivity (Wildman–Crippen MR) is 89.8 cm³/mol. The Morgan fingerprint density at radius 1 is 0.714 bits per heavy atom. The number of Topliss-reactive ketones (excluding diaryl/α,β-unsaturated/α-hetero) is 1. The van der Waals surface area contributed by atoms with E-state index in [0.717, 1.165) is 0 Å². The zero-order valence-electron chi connectivity index (χ0n) is 10.5. The first-order valence-corrected chi connectivity index (χ1v) is 7.77. The molecular weight excluding hydrogens is 373 g/mol. The third-order valence-electron chi connectivity index (χ3n) is 2.90. The average Bonchev–Trinajstić information content (AvgIpc) is 2.46. The van der Waals surface area contributed by atoms with Gasteiger partial charge < -0.3 is 0 Å². The van der Waals surface area contributed by atoms with Gasteiger partial charge in [-0.2, -0.15) is 0 Å². The largest absolute Gasteiger partial charge is 0.290 e. The van der Waals surface area contributed by atoms with Crippen molar-refractivity contribution in [3.05, 3.63) is 71.3 Å². The first kappa shape index (κ1) is 16.9. The van der Waals surface area contributed by atoms with E-state index in [9.17, 15) is 4.79 Å². The highest BCUT2D eigenvalue weighted by Gasteiger charge is 2.36. The van der Waals surface area contributed by atoms with Gasteiger partial charge in [0.2, 0.25) is 13.9 Å². The van der Waals surface area contributed by atoms with E-state index in [-0.39, 0.29) is 0 Å². The summed E-state index contributed by atoms with van der Waals surface area (Å²) in [6.07, 6.45) is 0. The van der Waals surface area contributed by atoms with Gasteiger partial charge in [0.1, 0.15) is 0 Å². The van der Waals surface area contributed by atoms with Crippen LogP contribution in [0.1, 0.15) is 21.5 Å². The SMILES string of the molecule is O=C(c1ccc(C(Cl)(Cl)Cl)cc1)C(Cl)(Cl)c1ccccc1. The van der Waals surface area contributed by atoms with Crippen molar-refractivity contribution < 1.29 is 4.79 Å². The van der Waals surface area contributed by atoms with Crippen molar-refractivity contribution in [2.24, 2.45) is 0 Å². The molecule has 21 heavy (non-hydrogen) atoms. The molecule has 0 amide bonds. The second kappa shape index (κ2) is 6.36. The van der Waals surface area contributed by atoms with Crippen LogP contribution in [0, 0.1) is 0 Å². The van der Waals surface area contributed by atoms with Crippen LogP contribution in [0.3, 0.4) is 0 Å². The van der Waals surface area contributed by atoms with Crippen molar-refractivity contribution in [1.29, 1.82) is 0 Å². The summed E-state index contributed by atoms with van der Waals surface area (Å²) in [5.74, 6) is -0.437. The molecule has 0 spiro atoms. The summed E-state index contributed by atoms with van der Waals surface area (Å²) >= 11 is 29.7. The average molecular weight is 383 g/mol. The fraction of sp³-hybridized carbons (Fsp3) is 0.133. The predicted octanol–water partition coefficient (Wildman–Crippen LogP) is 6.03. The summed E-state index contributed by atoms with van der Waals surface area (Å²) in [5, 5.41) is 0. The Morgan fingerprint density at radius 3 is 1.71 bits per heavy atom.